The lowest BCUT2D eigenvalue weighted by atomic mass is 9.98. The minimum atomic E-state index is -0.443. The molecule has 0 spiro atoms. The lowest BCUT2D eigenvalue weighted by Crippen LogP contribution is -2.20. The zero-order valence-electron chi connectivity index (χ0n) is 16.7. The number of carbonyl (C=O) groups is 2. The Balaban J connectivity index is 1.84. The number of H-pyrrole nitrogens is 1. The van der Waals surface area contributed by atoms with Crippen LogP contribution in [-0.2, 0) is 9.53 Å². The van der Waals surface area contributed by atoms with E-state index < -0.39 is 11.9 Å². The van der Waals surface area contributed by atoms with E-state index in [1.165, 1.54) is 13.3 Å². The third-order valence-corrected chi connectivity index (χ3v) is 4.77. The molecule has 1 aliphatic rings. The molecule has 1 heterocycles. The molecule has 2 aromatic rings. The van der Waals surface area contributed by atoms with E-state index in [2.05, 4.69) is 4.98 Å². The number of nitrogens with one attached hydrogen (secondary N) is 1. The van der Waals surface area contributed by atoms with Gasteiger partial charge in [0, 0.05) is 31.0 Å². The van der Waals surface area contributed by atoms with Gasteiger partial charge in [-0.2, -0.15) is 0 Å². The van der Waals surface area contributed by atoms with Crippen molar-refractivity contribution in [3.8, 4) is 11.5 Å². The van der Waals surface area contributed by atoms with Crippen LogP contribution in [-0.4, -0.2) is 55.2 Å². The maximum Gasteiger partial charge on any atom is 0.354 e. The Bertz CT molecular complexity index is 837. The highest BCUT2D eigenvalue weighted by Crippen LogP contribution is 2.34. The molecule has 1 saturated carbocycles. The molecule has 0 saturated heterocycles. The second-order valence-electron chi connectivity index (χ2n) is 7.48. The van der Waals surface area contributed by atoms with E-state index in [0.717, 1.165) is 25.7 Å². The summed E-state index contributed by atoms with van der Waals surface area (Å²) in [6.45, 7) is 2.29. The van der Waals surface area contributed by atoms with E-state index in [1.807, 2.05) is 25.1 Å². The Morgan fingerprint density at radius 2 is 1.89 bits per heavy atom. The van der Waals surface area contributed by atoms with Gasteiger partial charge >= 0.3 is 11.9 Å². The SMILES string of the molecule is CC(=O)Oc1cc(OC2CCCCC2)cc2[nH]c(C(=O)OCCN(C)C)cc12. The fourth-order valence-electron chi connectivity index (χ4n) is 3.37. The molecule has 152 valence electrons. The minimum Gasteiger partial charge on any atom is -0.490 e. The first kappa shape index (κ1) is 20.2. The van der Waals surface area contributed by atoms with Crippen molar-refractivity contribution in [1.82, 2.24) is 9.88 Å². The second kappa shape index (κ2) is 9.10. The summed E-state index contributed by atoms with van der Waals surface area (Å²) < 4.78 is 16.8. The van der Waals surface area contributed by atoms with Crippen molar-refractivity contribution in [2.45, 2.75) is 45.1 Å². The predicted octanol–water partition coefficient (Wildman–Crippen LogP) is 3.52. The molecule has 1 fully saturated rings. The minimum absolute atomic E-state index is 0.168. The molecular weight excluding hydrogens is 360 g/mol. The highest BCUT2D eigenvalue weighted by molar-refractivity contribution is 5.98. The molecule has 0 radical (unpaired) electrons. The van der Waals surface area contributed by atoms with Gasteiger partial charge in [-0.05, 0) is 45.8 Å². The van der Waals surface area contributed by atoms with Gasteiger partial charge in [0.25, 0.3) is 0 Å². The summed E-state index contributed by atoms with van der Waals surface area (Å²) in [5.74, 6) is 0.137. The Hall–Kier alpha value is -2.54. The van der Waals surface area contributed by atoms with Gasteiger partial charge in [0.1, 0.15) is 23.8 Å². The summed E-state index contributed by atoms with van der Waals surface area (Å²) >= 11 is 0. The van der Waals surface area contributed by atoms with Gasteiger partial charge in [-0.25, -0.2) is 4.79 Å². The fourth-order valence-corrected chi connectivity index (χ4v) is 3.37. The molecule has 1 aromatic heterocycles. The van der Waals surface area contributed by atoms with Gasteiger partial charge in [0.15, 0.2) is 0 Å². The van der Waals surface area contributed by atoms with E-state index in [0.29, 0.717) is 41.2 Å². The molecule has 1 N–H and O–H groups in total. The number of fused-ring (bicyclic) bond motifs is 1. The zero-order valence-corrected chi connectivity index (χ0v) is 16.7. The number of likely N-dealkylation sites (N-methyl/N-ethyl adjacent to an activating group) is 1. The van der Waals surface area contributed by atoms with Gasteiger partial charge in [0.05, 0.1) is 11.6 Å². The highest BCUT2D eigenvalue weighted by atomic mass is 16.5. The molecule has 7 nitrogen and oxygen atoms in total. The summed E-state index contributed by atoms with van der Waals surface area (Å²) in [5, 5.41) is 0.644. The van der Waals surface area contributed by atoms with Gasteiger partial charge in [-0.3, -0.25) is 4.79 Å². The predicted molar refractivity (Wildman–Crippen MR) is 106 cm³/mol. The Kier molecular flexibility index (Phi) is 6.57. The van der Waals surface area contributed by atoms with Crippen molar-refractivity contribution in [3.05, 3.63) is 23.9 Å². The largest absolute Gasteiger partial charge is 0.490 e. The fraction of sp³-hybridized carbons (Fsp3) is 0.524. The number of rotatable bonds is 7. The standard InChI is InChI=1S/C21H28N2O5/c1-14(24)27-20-12-16(28-15-7-5-4-6-8-15)11-18-17(20)13-19(22-18)21(25)26-10-9-23(2)3/h11-13,15,22H,4-10H2,1-3H3. The third kappa shape index (κ3) is 5.25. The van der Waals surface area contributed by atoms with E-state index in [9.17, 15) is 9.59 Å². The van der Waals surface area contributed by atoms with Gasteiger partial charge in [-0.1, -0.05) is 6.42 Å². The van der Waals surface area contributed by atoms with Crippen molar-refractivity contribution >= 4 is 22.8 Å². The zero-order chi connectivity index (χ0) is 20.1. The van der Waals surface area contributed by atoms with Crippen molar-refractivity contribution in [3.63, 3.8) is 0 Å². The number of esters is 2. The van der Waals surface area contributed by atoms with Crippen molar-refractivity contribution in [2.75, 3.05) is 27.2 Å². The van der Waals surface area contributed by atoms with Crippen LogP contribution in [0.3, 0.4) is 0 Å². The van der Waals surface area contributed by atoms with Crippen LogP contribution in [0, 0.1) is 0 Å². The average molecular weight is 388 g/mol. The summed E-state index contributed by atoms with van der Waals surface area (Å²) in [4.78, 5) is 28.9. The molecule has 0 unspecified atom stereocenters. The average Bonchev–Trinajstić information content (AvgIpc) is 3.06. The molecule has 0 atom stereocenters. The lowest BCUT2D eigenvalue weighted by molar-refractivity contribution is -0.131. The van der Waals surface area contributed by atoms with Crippen LogP contribution < -0.4 is 9.47 Å². The first-order valence-electron chi connectivity index (χ1n) is 9.76. The topological polar surface area (TPSA) is 80.9 Å². The van der Waals surface area contributed by atoms with Crippen LogP contribution in [0.1, 0.15) is 49.5 Å². The molecule has 0 aliphatic heterocycles. The first-order valence-corrected chi connectivity index (χ1v) is 9.76. The Morgan fingerprint density at radius 1 is 1.14 bits per heavy atom. The van der Waals surface area contributed by atoms with Crippen LogP contribution in [0.25, 0.3) is 10.9 Å². The van der Waals surface area contributed by atoms with Crippen molar-refractivity contribution in [1.29, 1.82) is 0 Å². The van der Waals surface area contributed by atoms with Crippen LogP contribution >= 0.6 is 0 Å². The van der Waals surface area contributed by atoms with E-state index >= 15 is 0 Å². The van der Waals surface area contributed by atoms with E-state index in [1.54, 1.807) is 12.1 Å². The number of ether oxygens (including phenoxy) is 3. The molecule has 3 rings (SSSR count). The number of hydrogen-bond acceptors (Lipinski definition) is 6. The smallest absolute Gasteiger partial charge is 0.354 e. The molecule has 1 aliphatic carbocycles. The molecule has 1 aromatic carbocycles. The van der Waals surface area contributed by atoms with Crippen LogP contribution in [0.5, 0.6) is 11.5 Å². The van der Waals surface area contributed by atoms with Gasteiger partial charge in [-0.15, -0.1) is 0 Å². The lowest BCUT2D eigenvalue weighted by Gasteiger charge is -2.23. The number of benzene rings is 1. The number of aromatic nitrogens is 1. The monoisotopic (exact) mass is 388 g/mol. The first-order chi connectivity index (χ1) is 13.4. The van der Waals surface area contributed by atoms with Crippen LogP contribution in [0.15, 0.2) is 18.2 Å². The molecule has 7 heteroatoms. The molecule has 0 amide bonds. The van der Waals surface area contributed by atoms with Crippen molar-refractivity contribution in [2.24, 2.45) is 0 Å². The summed E-state index contributed by atoms with van der Waals surface area (Å²) in [5.41, 5.74) is 0.987. The Labute approximate surface area is 164 Å². The van der Waals surface area contributed by atoms with Crippen LogP contribution in [0.4, 0.5) is 0 Å². The second-order valence-corrected chi connectivity index (χ2v) is 7.48. The van der Waals surface area contributed by atoms with E-state index in [4.69, 9.17) is 14.2 Å². The number of carbonyl (C=O) groups excluding carboxylic acids is 2. The molecular formula is C21H28N2O5. The maximum atomic E-state index is 12.3. The third-order valence-electron chi connectivity index (χ3n) is 4.77. The van der Waals surface area contributed by atoms with Gasteiger partial charge in [0.2, 0.25) is 0 Å². The highest BCUT2D eigenvalue weighted by Gasteiger charge is 2.19. The number of nitrogens with zero attached hydrogens (tertiary/aromatic N) is 1. The summed E-state index contributed by atoms with van der Waals surface area (Å²) in [6.07, 6.45) is 5.78. The van der Waals surface area contributed by atoms with E-state index in [-0.39, 0.29) is 6.10 Å². The number of hydrogen-bond donors (Lipinski definition) is 1. The Morgan fingerprint density at radius 3 is 2.57 bits per heavy atom. The molecule has 28 heavy (non-hydrogen) atoms. The summed E-state index contributed by atoms with van der Waals surface area (Å²) in [6, 6.07) is 5.21. The maximum absolute atomic E-state index is 12.3. The van der Waals surface area contributed by atoms with Gasteiger partial charge < -0.3 is 24.1 Å². The normalized spacial score (nSPS) is 15.0. The quantitative estimate of drug-likeness (QED) is 0.577. The van der Waals surface area contributed by atoms with Crippen LogP contribution in [0.2, 0.25) is 0 Å². The molecule has 0 bridgehead atoms. The van der Waals surface area contributed by atoms with Crippen molar-refractivity contribution < 1.29 is 23.8 Å². The summed E-state index contributed by atoms with van der Waals surface area (Å²) in [7, 11) is 3.83. The number of aromatic amines is 1.